The van der Waals surface area contributed by atoms with Crippen LogP contribution in [0.25, 0.3) is 22.0 Å². The minimum atomic E-state index is -0.640. The molecule has 4 heterocycles. The van der Waals surface area contributed by atoms with Gasteiger partial charge in [-0.05, 0) is 79.6 Å². The van der Waals surface area contributed by atoms with Crippen LogP contribution in [0.4, 0.5) is 5.82 Å². The average Bonchev–Trinajstić information content (AvgIpc) is 3.33. The number of pyridine rings is 1. The largest absolute Gasteiger partial charge is 0.325 e. The van der Waals surface area contributed by atoms with Gasteiger partial charge in [0.1, 0.15) is 34.5 Å². The van der Waals surface area contributed by atoms with E-state index in [9.17, 15) is 14.4 Å². The Morgan fingerprint density at radius 2 is 1.86 bits per heavy atom. The summed E-state index contributed by atoms with van der Waals surface area (Å²) in [4.78, 5) is 56.8. The van der Waals surface area contributed by atoms with Crippen LogP contribution in [0.15, 0.2) is 53.4 Å². The Kier molecular flexibility index (Phi) is 7.14. The molecule has 3 aromatic heterocycles. The number of likely N-dealkylation sites (tertiary alicyclic amines) is 1. The highest BCUT2D eigenvalue weighted by Gasteiger charge is 2.67. The molecule has 0 bridgehead atoms. The van der Waals surface area contributed by atoms with E-state index in [1.807, 2.05) is 39.2 Å². The number of carbonyl (C=O) groups is 3. The first-order valence-electron chi connectivity index (χ1n) is 13.7. The Balaban J connectivity index is 1.30. The fourth-order valence-corrected chi connectivity index (χ4v) is 6.59. The first kappa shape index (κ1) is 28.1. The first-order valence-corrected chi connectivity index (χ1v) is 14.5. The third-order valence-corrected chi connectivity index (χ3v) is 8.53. The molecular formula is C30H31BrN8O3. The molecule has 1 saturated heterocycles. The molecule has 3 atom stereocenters. The summed E-state index contributed by atoms with van der Waals surface area (Å²) in [6.07, 6.45) is 4.89. The van der Waals surface area contributed by atoms with Crippen molar-refractivity contribution in [3.8, 4) is 11.1 Å². The second-order valence-corrected chi connectivity index (χ2v) is 12.3. The van der Waals surface area contributed by atoms with Crippen molar-refractivity contribution >= 4 is 50.2 Å². The number of rotatable bonds is 8. The zero-order valence-corrected chi connectivity index (χ0v) is 25.4. The van der Waals surface area contributed by atoms with Crippen LogP contribution in [0.3, 0.4) is 0 Å². The lowest BCUT2D eigenvalue weighted by molar-refractivity contribution is -0.138. The van der Waals surface area contributed by atoms with Gasteiger partial charge in [-0.25, -0.2) is 15.0 Å². The van der Waals surface area contributed by atoms with Crippen LogP contribution in [-0.2, 0) is 16.1 Å². The van der Waals surface area contributed by atoms with Crippen molar-refractivity contribution in [3.05, 3.63) is 64.9 Å². The molecule has 12 heteroatoms. The summed E-state index contributed by atoms with van der Waals surface area (Å²) in [6, 6.07) is 10.3. The Bertz CT molecular complexity index is 1720. The lowest BCUT2D eigenvalue weighted by Crippen LogP contribution is -2.46. The molecule has 2 aliphatic rings. The molecule has 1 aromatic carbocycles. The van der Waals surface area contributed by atoms with E-state index in [0.29, 0.717) is 33.6 Å². The number of benzene rings is 1. The number of fused-ring (bicyclic) bond motifs is 2. The number of piperidine rings is 1. The lowest BCUT2D eigenvalue weighted by atomic mass is 9.98. The van der Waals surface area contributed by atoms with Crippen molar-refractivity contribution in [2.75, 3.05) is 26.0 Å². The van der Waals surface area contributed by atoms with Gasteiger partial charge in [-0.1, -0.05) is 12.1 Å². The summed E-state index contributed by atoms with van der Waals surface area (Å²) in [6.45, 7) is 3.97. The molecule has 2 fully saturated rings. The standard InChI is InChI=1S/C30H31BrN8O3/c1-17(40)28-21-10-19(20-13-32-18(2)33-14-20)8-9-22(21)38(36-28)15-27(41)39-23(11-30(12-24(30)39)16-37(3)4)29(42)35-26-7-5-6-25(31)34-26/h5-10,13-14,23-24H,11-12,15-16H2,1-4H3,(H,34,35,42)/t23-,24+,30?/m0/s1. The Hall–Kier alpha value is -4.03. The van der Waals surface area contributed by atoms with Crippen molar-refractivity contribution < 1.29 is 14.4 Å². The second-order valence-electron chi connectivity index (χ2n) is 11.5. The topological polar surface area (TPSA) is 126 Å². The van der Waals surface area contributed by atoms with E-state index in [1.54, 1.807) is 40.2 Å². The van der Waals surface area contributed by atoms with Crippen LogP contribution in [0.2, 0.25) is 0 Å². The number of hydrogen-bond donors (Lipinski definition) is 1. The van der Waals surface area contributed by atoms with Gasteiger partial charge in [-0.3, -0.25) is 19.1 Å². The van der Waals surface area contributed by atoms with Crippen molar-refractivity contribution in [1.82, 2.24) is 34.5 Å². The maximum Gasteiger partial charge on any atom is 0.248 e. The third-order valence-electron chi connectivity index (χ3n) is 8.09. The SMILES string of the molecule is CC(=O)c1nn(CC(=O)N2[C@H](C(=O)Nc3cccc(Br)n3)CC3(CN(C)C)C[C@@H]23)c2ccc(-c3cnc(C)nc3)cc12. The van der Waals surface area contributed by atoms with Gasteiger partial charge < -0.3 is 15.1 Å². The number of amides is 2. The van der Waals surface area contributed by atoms with E-state index in [2.05, 4.69) is 46.2 Å². The molecular weight excluding hydrogens is 600 g/mol. The van der Waals surface area contributed by atoms with Crippen LogP contribution < -0.4 is 5.32 Å². The molecule has 42 heavy (non-hydrogen) atoms. The van der Waals surface area contributed by atoms with Gasteiger partial charge >= 0.3 is 0 Å². The zero-order chi connectivity index (χ0) is 29.8. The van der Waals surface area contributed by atoms with E-state index in [-0.39, 0.29) is 41.3 Å². The van der Waals surface area contributed by atoms with Crippen molar-refractivity contribution in [2.24, 2.45) is 5.41 Å². The zero-order valence-electron chi connectivity index (χ0n) is 23.8. The molecule has 6 rings (SSSR count). The van der Waals surface area contributed by atoms with E-state index < -0.39 is 6.04 Å². The molecule has 0 spiro atoms. The molecule has 216 valence electrons. The lowest BCUT2D eigenvalue weighted by Gasteiger charge is -2.27. The van der Waals surface area contributed by atoms with Gasteiger partial charge in [0, 0.05) is 48.3 Å². The van der Waals surface area contributed by atoms with Gasteiger partial charge in [0.15, 0.2) is 5.78 Å². The van der Waals surface area contributed by atoms with Crippen LogP contribution in [0.1, 0.15) is 36.1 Å². The van der Waals surface area contributed by atoms with E-state index in [1.165, 1.54) is 6.92 Å². The molecule has 1 N–H and O–H groups in total. The fraction of sp³-hybridized carbons (Fsp3) is 0.367. The van der Waals surface area contributed by atoms with Crippen LogP contribution in [-0.4, -0.2) is 84.9 Å². The number of ketones is 1. The Morgan fingerprint density at radius 1 is 1.10 bits per heavy atom. The summed E-state index contributed by atoms with van der Waals surface area (Å²) < 4.78 is 2.18. The maximum absolute atomic E-state index is 14.0. The highest BCUT2D eigenvalue weighted by Crippen LogP contribution is 2.60. The number of nitrogens with zero attached hydrogens (tertiary/aromatic N) is 7. The maximum atomic E-state index is 14.0. The summed E-state index contributed by atoms with van der Waals surface area (Å²) in [5, 5.41) is 8.11. The molecule has 1 unspecified atom stereocenters. The number of Topliss-reactive ketones (excluding diaryl/α,β-unsaturated/α-hetero) is 1. The van der Waals surface area contributed by atoms with Gasteiger partial charge in [0.25, 0.3) is 0 Å². The first-order chi connectivity index (χ1) is 20.0. The van der Waals surface area contributed by atoms with Crippen molar-refractivity contribution in [3.63, 3.8) is 0 Å². The number of halogens is 1. The Labute approximate surface area is 251 Å². The second kappa shape index (κ2) is 10.7. The minimum Gasteiger partial charge on any atom is -0.325 e. The number of hydrogen-bond acceptors (Lipinski definition) is 8. The number of carbonyl (C=O) groups excluding carboxylic acids is 3. The normalized spacial score (nSPS) is 21.0. The number of nitrogens with one attached hydrogen (secondary N) is 1. The molecule has 11 nitrogen and oxygen atoms in total. The van der Waals surface area contributed by atoms with E-state index in [0.717, 1.165) is 24.1 Å². The smallest absolute Gasteiger partial charge is 0.248 e. The van der Waals surface area contributed by atoms with Crippen LogP contribution >= 0.6 is 15.9 Å². The monoisotopic (exact) mass is 630 g/mol. The van der Waals surface area contributed by atoms with Crippen molar-refractivity contribution in [2.45, 2.75) is 45.3 Å². The fourth-order valence-electron chi connectivity index (χ4n) is 6.25. The van der Waals surface area contributed by atoms with E-state index in [4.69, 9.17) is 0 Å². The quantitative estimate of drug-likeness (QED) is 0.231. The number of aryl methyl sites for hydroxylation is 1. The van der Waals surface area contributed by atoms with Gasteiger partial charge in [0.05, 0.1) is 5.52 Å². The molecule has 4 aromatic rings. The van der Waals surface area contributed by atoms with Crippen LogP contribution in [0.5, 0.6) is 0 Å². The van der Waals surface area contributed by atoms with Gasteiger partial charge in [0.2, 0.25) is 11.8 Å². The van der Waals surface area contributed by atoms with E-state index >= 15 is 0 Å². The summed E-state index contributed by atoms with van der Waals surface area (Å²) in [5.74, 6) is 0.413. The molecule has 1 aliphatic heterocycles. The molecule has 1 saturated carbocycles. The molecule has 0 radical (unpaired) electrons. The number of aromatic nitrogens is 5. The highest BCUT2D eigenvalue weighted by atomic mass is 79.9. The highest BCUT2D eigenvalue weighted by molar-refractivity contribution is 9.10. The average molecular weight is 632 g/mol. The van der Waals surface area contributed by atoms with Crippen molar-refractivity contribution in [1.29, 1.82) is 0 Å². The predicted molar refractivity (Wildman–Crippen MR) is 161 cm³/mol. The molecule has 2 amide bonds. The summed E-state index contributed by atoms with van der Waals surface area (Å²) >= 11 is 3.34. The summed E-state index contributed by atoms with van der Waals surface area (Å²) in [5.41, 5.74) is 2.49. The van der Waals surface area contributed by atoms with Crippen LogP contribution in [0, 0.1) is 12.3 Å². The predicted octanol–water partition coefficient (Wildman–Crippen LogP) is 3.72. The van der Waals surface area contributed by atoms with Gasteiger partial charge in [-0.15, -0.1) is 0 Å². The molecule has 1 aliphatic carbocycles. The number of anilines is 1. The summed E-state index contributed by atoms with van der Waals surface area (Å²) in [7, 11) is 4.01. The minimum absolute atomic E-state index is 0.0409. The Morgan fingerprint density at radius 3 is 2.55 bits per heavy atom. The third kappa shape index (κ3) is 5.20. The van der Waals surface area contributed by atoms with Gasteiger partial charge in [-0.2, -0.15) is 5.10 Å².